The van der Waals surface area contributed by atoms with E-state index in [4.69, 9.17) is 0 Å². The highest BCUT2D eigenvalue weighted by Gasteiger charge is 2.34. The Labute approximate surface area is 165 Å². The minimum absolute atomic E-state index is 0.201. The van der Waals surface area contributed by atoms with Crippen LogP contribution in [0.3, 0.4) is 0 Å². The first-order valence-electron chi connectivity index (χ1n) is 8.97. The second-order valence-electron chi connectivity index (χ2n) is 6.79. The molecule has 8 nitrogen and oxygen atoms in total. The second-order valence-corrected chi connectivity index (χ2v) is 6.79. The highest BCUT2D eigenvalue weighted by atomic mass is 16.4. The van der Waals surface area contributed by atoms with Gasteiger partial charge < -0.3 is 10.4 Å². The van der Waals surface area contributed by atoms with Crippen LogP contribution >= 0.6 is 0 Å². The minimum atomic E-state index is -1.16. The van der Waals surface area contributed by atoms with Gasteiger partial charge in [0.15, 0.2) is 0 Å². The van der Waals surface area contributed by atoms with Crippen molar-refractivity contribution in [3.63, 3.8) is 0 Å². The lowest BCUT2D eigenvalue weighted by Crippen LogP contribution is -2.31. The molecule has 2 N–H and O–H groups in total. The molecule has 2 aromatic carbocycles. The van der Waals surface area contributed by atoms with Crippen molar-refractivity contribution in [2.45, 2.75) is 13.3 Å². The topological polar surface area (TPSA) is 109 Å². The summed E-state index contributed by atoms with van der Waals surface area (Å²) in [6.45, 7) is 1.54. The maximum absolute atomic E-state index is 12.5. The predicted octanol–water partition coefficient (Wildman–Crippen LogP) is 2.96. The number of carbonyl (C=O) groups is 4. The van der Waals surface area contributed by atoms with Gasteiger partial charge >= 0.3 is 6.09 Å². The summed E-state index contributed by atoms with van der Waals surface area (Å²) in [6.07, 6.45) is 0.590. The number of nitrogens with zero attached hydrogens (tertiary/aromatic N) is 2. The Morgan fingerprint density at radius 3 is 2.28 bits per heavy atom. The molecule has 1 aromatic heterocycles. The highest BCUT2D eigenvalue weighted by molar-refractivity contribution is 6.21. The molecule has 2 heterocycles. The van der Waals surface area contributed by atoms with E-state index >= 15 is 0 Å². The average molecular weight is 391 g/mol. The van der Waals surface area contributed by atoms with E-state index in [9.17, 15) is 24.3 Å². The normalized spacial score (nSPS) is 13.1. The number of anilines is 1. The molecule has 0 unspecified atom stereocenters. The summed E-state index contributed by atoms with van der Waals surface area (Å²) < 4.78 is 1.04. The quantitative estimate of drug-likeness (QED) is 0.665. The molecule has 8 heteroatoms. The zero-order chi connectivity index (χ0) is 20.7. The monoisotopic (exact) mass is 391 g/mol. The van der Waals surface area contributed by atoms with Crippen molar-refractivity contribution in [1.82, 2.24) is 9.47 Å². The van der Waals surface area contributed by atoms with Crippen LogP contribution in [-0.2, 0) is 11.2 Å². The summed E-state index contributed by atoms with van der Waals surface area (Å²) >= 11 is 0. The number of fused-ring (bicyclic) bond motifs is 2. The maximum atomic E-state index is 12.5. The predicted molar refractivity (Wildman–Crippen MR) is 105 cm³/mol. The van der Waals surface area contributed by atoms with E-state index < -0.39 is 6.09 Å². The molecule has 1 aliphatic heterocycles. The van der Waals surface area contributed by atoms with Crippen molar-refractivity contribution in [3.05, 3.63) is 65.4 Å². The molecule has 0 bridgehead atoms. The van der Waals surface area contributed by atoms with Crippen molar-refractivity contribution >= 4 is 40.4 Å². The summed E-state index contributed by atoms with van der Waals surface area (Å²) in [4.78, 5) is 49.1. The molecule has 0 saturated carbocycles. The van der Waals surface area contributed by atoms with Crippen molar-refractivity contribution < 1.29 is 24.3 Å². The molecule has 3 amide bonds. The van der Waals surface area contributed by atoms with Crippen molar-refractivity contribution in [2.24, 2.45) is 0 Å². The minimum Gasteiger partial charge on any atom is -0.464 e. The molecule has 0 fully saturated rings. The van der Waals surface area contributed by atoms with E-state index in [1.54, 1.807) is 42.5 Å². The summed E-state index contributed by atoms with van der Waals surface area (Å²) in [5.74, 6) is -0.948. The molecular weight excluding hydrogens is 374 g/mol. The van der Waals surface area contributed by atoms with Gasteiger partial charge in [0.1, 0.15) is 0 Å². The van der Waals surface area contributed by atoms with Crippen molar-refractivity contribution in [3.8, 4) is 0 Å². The molecule has 1 aliphatic rings. The lowest BCUT2D eigenvalue weighted by Gasteiger charge is -2.14. The fourth-order valence-electron chi connectivity index (χ4n) is 3.56. The van der Waals surface area contributed by atoms with Crippen LogP contribution in [-0.4, -0.2) is 44.9 Å². The Kier molecular flexibility index (Phi) is 4.38. The van der Waals surface area contributed by atoms with Crippen LogP contribution in [0.2, 0.25) is 0 Å². The Hall–Kier alpha value is -3.94. The molecule has 0 aliphatic carbocycles. The van der Waals surface area contributed by atoms with Crippen LogP contribution in [0.25, 0.3) is 10.9 Å². The van der Waals surface area contributed by atoms with Gasteiger partial charge in [-0.15, -0.1) is 0 Å². The Balaban J connectivity index is 1.61. The first-order chi connectivity index (χ1) is 13.9. The van der Waals surface area contributed by atoms with Gasteiger partial charge in [0, 0.05) is 25.1 Å². The summed E-state index contributed by atoms with van der Waals surface area (Å²) in [5, 5.41) is 12.6. The lowest BCUT2D eigenvalue weighted by molar-refractivity contribution is -0.114. The fourth-order valence-corrected chi connectivity index (χ4v) is 3.56. The number of aromatic nitrogens is 1. The molecule has 4 rings (SSSR count). The number of carbonyl (C=O) groups excluding carboxylic acids is 3. The van der Waals surface area contributed by atoms with Gasteiger partial charge in [-0.05, 0) is 36.2 Å². The Morgan fingerprint density at radius 2 is 1.69 bits per heavy atom. The van der Waals surface area contributed by atoms with Gasteiger partial charge in [-0.1, -0.05) is 18.2 Å². The maximum Gasteiger partial charge on any atom is 0.416 e. The number of carboxylic acid groups (broad SMARTS) is 1. The van der Waals surface area contributed by atoms with E-state index in [0.717, 1.165) is 10.1 Å². The highest BCUT2D eigenvalue weighted by Crippen LogP contribution is 2.28. The molecule has 0 spiro atoms. The third kappa shape index (κ3) is 3.14. The largest absolute Gasteiger partial charge is 0.464 e. The van der Waals surface area contributed by atoms with Crippen LogP contribution in [0.1, 0.15) is 33.2 Å². The zero-order valence-electron chi connectivity index (χ0n) is 15.5. The van der Waals surface area contributed by atoms with E-state index in [1.165, 1.54) is 18.0 Å². The van der Waals surface area contributed by atoms with Gasteiger partial charge in [0.05, 0.1) is 22.3 Å². The fraction of sp³-hybridized carbons (Fsp3) is 0.143. The molecule has 29 heavy (non-hydrogen) atoms. The van der Waals surface area contributed by atoms with Gasteiger partial charge in [-0.3, -0.25) is 23.9 Å². The first-order valence-corrected chi connectivity index (χ1v) is 8.97. The Bertz CT molecular complexity index is 1160. The molecule has 0 saturated heterocycles. The third-order valence-corrected chi connectivity index (χ3v) is 4.89. The third-order valence-electron chi connectivity index (χ3n) is 4.89. The van der Waals surface area contributed by atoms with Crippen molar-refractivity contribution in [1.29, 1.82) is 0 Å². The zero-order valence-corrected chi connectivity index (χ0v) is 15.5. The van der Waals surface area contributed by atoms with Crippen LogP contribution in [0.4, 0.5) is 10.5 Å². The van der Waals surface area contributed by atoms with Gasteiger partial charge in [0.2, 0.25) is 5.91 Å². The SMILES string of the molecule is CC(=O)Nc1cn(C(=O)O)c2ccc(CCN3C(=O)c4ccccc4C3=O)cc12. The number of imide groups is 1. The van der Waals surface area contributed by atoms with E-state index in [-0.39, 0.29) is 24.3 Å². The number of hydrogen-bond acceptors (Lipinski definition) is 4. The number of rotatable bonds is 4. The molecule has 146 valence electrons. The standard InChI is InChI=1S/C21H17N3O5/c1-12(25)22-17-11-24(21(28)29)18-7-6-13(10-16(17)18)8-9-23-19(26)14-4-2-3-5-15(14)20(23)27/h2-7,10-11H,8-9H2,1H3,(H,22,25)(H,28,29). The molecule has 3 aromatic rings. The smallest absolute Gasteiger partial charge is 0.416 e. The van der Waals surface area contributed by atoms with Crippen LogP contribution < -0.4 is 5.32 Å². The summed E-state index contributed by atoms with van der Waals surface area (Å²) in [6, 6.07) is 11.9. The molecular formula is C21H17N3O5. The van der Waals surface area contributed by atoms with Crippen LogP contribution in [0.5, 0.6) is 0 Å². The number of benzene rings is 2. The van der Waals surface area contributed by atoms with Crippen molar-refractivity contribution in [2.75, 3.05) is 11.9 Å². The average Bonchev–Trinajstić information content (AvgIpc) is 3.16. The number of amides is 3. The number of nitrogens with one attached hydrogen (secondary N) is 1. The number of hydrogen-bond donors (Lipinski definition) is 2. The molecule has 0 atom stereocenters. The van der Waals surface area contributed by atoms with E-state index in [1.807, 2.05) is 0 Å². The molecule has 0 radical (unpaired) electrons. The summed E-state index contributed by atoms with van der Waals surface area (Å²) in [7, 11) is 0. The van der Waals surface area contributed by atoms with Gasteiger partial charge in [-0.2, -0.15) is 0 Å². The van der Waals surface area contributed by atoms with Gasteiger partial charge in [0.25, 0.3) is 11.8 Å². The van der Waals surface area contributed by atoms with E-state index in [0.29, 0.717) is 34.1 Å². The summed E-state index contributed by atoms with van der Waals surface area (Å²) in [5.41, 5.74) is 2.44. The van der Waals surface area contributed by atoms with E-state index in [2.05, 4.69) is 5.32 Å². The van der Waals surface area contributed by atoms with Crippen LogP contribution in [0.15, 0.2) is 48.7 Å². The first kappa shape index (κ1) is 18.4. The lowest BCUT2D eigenvalue weighted by atomic mass is 10.1. The van der Waals surface area contributed by atoms with Crippen LogP contribution in [0, 0.1) is 0 Å². The van der Waals surface area contributed by atoms with Gasteiger partial charge in [-0.25, -0.2) is 4.79 Å². The Morgan fingerprint density at radius 1 is 1.03 bits per heavy atom. The second kappa shape index (κ2) is 6.90.